The number of amides is 1. The molecule has 0 aliphatic carbocycles. The molecule has 1 aliphatic heterocycles. The Bertz CT molecular complexity index is 709. The maximum atomic E-state index is 11.4. The molecule has 1 heterocycles. The smallest absolute Gasteiger partial charge is 0.224 e. The summed E-state index contributed by atoms with van der Waals surface area (Å²) in [6.45, 7) is 5.23. The number of benzene rings is 2. The predicted molar refractivity (Wildman–Crippen MR) is 94.5 cm³/mol. The molecule has 3 heteroatoms. The highest BCUT2D eigenvalue weighted by atomic mass is 16.1. The molecule has 0 aromatic heterocycles. The molecule has 3 nitrogen and oxygen atoms in total. The van der Waals surface area contributed by atoms with Crippen molar-refractivity contribution in [2.75, 3.05) is 5.32 Å². The van der Waals surface area contributed by atoms with Gasteiger partial charge in [-0.05, 0) is 48.1 Å². The van der Waals surface area contributed by atoms with E-state index >= 15 is 0 Å². The first-order valence-electron chi connectivity index (χ1n) is 8.39. The van der Waals surface area contributed by atoms with Gasteiger partial charge in [0.1, 0.15) is 0 Å². The van der Waals surface area contributed by atoms with E-state index in [0.29, 0.717) is 6.42 Å². The number of nitrogens with one attached hydrogen (secondary N) is 2. The molecule has 0 spiro atoms. The molecule has 1 amide bonds. The summed E-state index contributed by atoms with van der Waals surface area (Å²) < 4.78 is 0. The van der Waals surface area contributed by atoms with E-state index in [1.165, 1.54) is 22.3 Å². The van der Waals surface area contributed by atoms with E-state index in [-0.39, 0.29) is 11.9 Å². The number of rotatable bonds is 5. The van der Waals surface area contributed by atoms with Crippen molar-refractivity contribution in [1.29, 1.82) is 0 Å². The van der Waals surface area contributed by atoms with E-state index in [2.05, 4.69) is 60.9 Å². The highest BCUT2D eigenvalue weighted by Gasteiger charge is 2.16. The summed E-state index contributed by atoms with van der Waals surface area (Å²) in [5.74, 6) is 0.118. The summed E-state index contributed by atoms with van der Waals surface area (Å²) in [6, 6.07) is 15.4. The van der Waals surface area contributed by atoms with Crippen LogP contribution < -0.4 is 10.6 Å². The Morgan fingerprint density at radius 3 is 2.78 bits per heavy atom. The summed E-state index contributed by atoms with van der Waals surface area (Å²) in [6.07, 6.45) is 2.49. The molecule has 0 saturated heterocycles. The molecule has 1 aliphatic rings. The van der Waals surface area contributed by atoms with E-state index in [9.17, 15) is 4.79 Å². The molecule has 0 unspecified atom stereocenters. The van der Waals surface area contributed by atoms with Gasteiger partial charge in [0, 0.05) is 24.7 Å². The average Bonchev–Trinajstić information content (AvgIpc) is 2.59. The van der Waals surface area contributed by atoms with Crippen molar-refractivity contribution in [1.82, 2.24) is 5.32 Å². The molecule has 23 heavy (non-hydrogen) atoms. The highest BCUT2D eigenvalue weighted by molar-refractivity contribution is 5.93. The summed E-state index contributed by atoms with van der Waals surface area (Å²) in [4.78, 5) is 11.4. The van der Waals surface area contributed by atoms with Crippen molar-refractivity contribution in [3.05, 3.63) is 64.7 Å². The SMILES string of the molecule is CCc1cccc(CN[C@@H](C)c2ccc3c(c2)CCC(=O)N3)c1. The molecule has 1 atom stereocenters. The first-order valence-corrected chi connectivity index (χ1v) is 8.39. The fraction of sp³-hybridized carbons (Fsp3) is 0.350. The van der Waals surface area contributed by atoms with Gasteiger partial charge in [-0.25, -0.2) is 0 Å². The lowest BCUT2D eigenvalue weighted by Gasteiger charge is -2.20. The van der Waals surface area contributed by atoms with E-state index in [1.807, 2.05) is 6.07 Å². The van der Waals surface area contributed by atoms with Crippen LogP contribution in [0, 0.1) is 0 Å². The molecule has 120 valence electrons. The van der Waals surface area contributed by atoms with Gasteiger partial charge in [-0.1, -0.05) is 43.3 Å². The Morgan fingerprint density at radius 2 is 1.96 bits per heavy atom. The zero-order valence-electron chi connectivity index (χ0n) is 13.9. The second-order valence-corrected chi connectivity index (χ2v) is 6.24. The molecule has 2 aromatic rings. The summed E-state index contributed by atoms with van der Waals surface area (Å²) in [7, 11) is 0. The quantitative estimate of drug-likeness (QED) is 0.877. The van der Waals surface area contributed by atoms with E-state index in [0.717, 1.165) is 25.1 Å². The van der Waals surface area contributed by atoms with Crippen molar-refractivity contribution in [3.63, 3.8) is 0 Å². The van der Waals surface area contributed by atoms with Gasteiger partial charge in [0.05, 0.1) is 0 Å². The fourth-order valence-corrected chi connectivity index (χ4v) is 3.02. The lowest BCUT2D eigenvalue weighted by Crippen LogP contribution is -2.21. The molecular formula is C20H24N2O. The van der Waals surface area contributed by atoms with Gasteiger partial charge in [-0.2, -0.15) is 0 Å². The van der Waals surface area contributed by atoms with Crippen LogP contribution in [-0.2, 0) is 24.2 Å². The molecule has 0 saturated carbocycles. The van der Waals surface area contributed by atoms with Crippen LogP contribution in [0.25, 0.3) is 0 Å². The Morgan fingerprint density at radius 1 is 1.13 bits per heavy atom. The summed E-state index contributed by atoms with van der Waals surface area (Å²) in [5.41, 5.74) is 6.17. The van der Waals surface area contributed by atoms with Crippen molar-refractivity contribution < 1.29 is 4.79 Å². The Balaban J connectivity index is 1.66. The molecule has 3 rings (SSSR count). The number of hydrogen-bond acceptors (Lipinski definition) is 2. The van der Waals surface area contributed by atoms with Gasteiger partial charge in [-0.3, -0.25) is 4.79 Å². The van der Waals surface area contributed by atoms with Gasteiger partial charge < -0.3 is 10.6 Å². The van der Waals surface area contributed by atoms with Crippen molar-refractivity contribution in [2.24, 2.45) is 0 Å². The number of carbonyl (C=O) groups excluding carboxylic acids is 1. The van der Waals surface area contributed by atoms with Crippen molar-refractivity contribution >= 4 is 11.6 Å². The predicted octanol–water partition coefficient (Wildman–Crippen LogP) is 3.98. The first-order chi connectivity index (χ1) is 11.2. The number of hydrogen-bond donors (Lipinski definition) is 2. The van der Waals surface area contributed by atoms with E-state index < -0.39 is 0 Å². The normalized spacial score (nSPS) is 15.0. The molecule has 0 radical (unpaired) electrons. The maximum Gasteiger partial charge on any atom is 0.224 e. The number of aryl methyl sites for hydroxylation is 2. The molecule has 0 bridgehead atoms. The van der Waals surface area contributed by atoms with Crippen LogP contribution in [0.15, 0.2) is 42.5 Å². The van der Waals surface area contributed by atoms with Gasteiger partial charge in [-0.15, -0.1) is 0 Å². The molecular weight excluding hydrogens is 284 g/mol. The number of carbonyl (C=O) groups is 1. The zero-order chi connectivity index (χ0) is 16.2. The maximum absolute atomic E-state index is 11.4. The highest BCUT2D eigenvalue weighted by Crippen LogP contribution is 2.26. The van der Waals surface area contributed by atoms with Crippen LogP contribution in [0.1, 0.15) is 48.6 Å². The molecule has 0 fully saturated rings. The van der Waals surface area contributed by atoms with E-state index in [1.54, 1.807) is 0 Å². The Kier molecular flexibility index (Phi) is 4.77. The minimum Gasteiger partial charge on any atom is -0.326 e. The number of anilines is 1. The third-order valence-electron chi connectivity index (χ3n) is 4.54. The lowest BCUT2D eigenvalue weighted by atomic mass is 9.97. The minimum absolute atomic E-state index is 0.118. The van der Waals surface area contributed by atoms with Crippen LogP contribution in [0.5, 0.6) is 0 Å². The van der Waals surface area contributed by atoms with Gasteiger partial charge >= 0.3 is 0 Å². The average molecular weight is 308 g/mol. The second-order valence-electron chi connectivity index (χ2n) is 6.24. The van der Waals surface area contributed by atoms with Crippen LogP contribution in [0.2, 0.25) is 0 Å². The van der Waals surface area contributed by atoms with Crippen LogP contribution in [0.4, 0.5) is 5.69 Å². The van der Waals surface area contributed by atoms with Crippen LogP contribution >= 0.6 is 0 Å². The van der Waals surface area contributed by atoms with Gasteiger partial charge in [0.25, 0.3) is 0 Å². The topological polar surface area (TPSA) is 41.1 Å². The Hall–Kier alpha value is -2.13. The third kappa shape index (κ3) is 3.80. The first kappa shape index (κ1) is 15.8. The summed E-state index contributed by atoms with van der Waals surface area (Å²) in [5, 5.41) is 6.53. The van der Waals surface area contributed by atoms with E-state index in [4.69, 9.17) is 0 Å². The standard InChI is InChI=1S/C20H24N2O/c1-3-15-5-4-6-16(11-15)13-21-14(2)17-7-9-19-18(12-17)8-10-20(23)22-19/h4-7,9,11-12,14,21H,3,8,10,13H2,1-2H3,(H,22,23)/t14-/m0/s1. The van der Waals surface area contributed by atoms with Gasteiger partial charge in [0.15, 0.2) is 0 Å². The summed E-state index contributed by atoms with van der Waals surface area (Å²) >= 11 is 0. The fourth-order valence-electron chi connectivity index (χ4n) is 3.02. The zero-order valence-corrected chi connectivity index (χ0v) is 13.9. The minimum atomic E-state index is 0.118. The van der Waals surface area contributed by atoms with Crippen molar-refractivity contribution in [2.45, 2.75) is 45.7 Å². The number of fused-ring (bicyclic) bond motifs is 1. The third-order valence-corrected chi connectivity index (χ3v) is 4.54. The van der Waals surface area contributed by atoms with Gasteiger partial charge in [0.2, 0.25) is 5.91 Å². The van der Waals surface area contributed by atoms with Crippen LogP contribution in [0.3, 0.4) is 0 Å². The molecule has 2 aromatic carbocycles. The van der Waals surface area contributed by atoms with Crippen molar-refractivity contribution in [3.8, 4) is 0 Å². The Labute approximate surface area is 138 Å². The molecule has 2 N–H and O–H groups in total. The monoisotopic (exact) mass is 308 g/mol. The second kappa shape index (κ2) is 6.97. The van der Waals surface area contributed by atoms with Crippen LogP contribution in [-0.4, -0.2) is 5.91 Å². The lowest BCUT2D eigenvalue weighted by molar-refractivity contribution is -0.116. The largest absolute Gasteiger partial charge is 0.326 e.